The first kappa shape index (κ1) is 11.9. The van der Waals surface area contributed by atoms with Crippen molar-refractivity contribution in [3.63, 3.8) is 0 Å². The fourth-order valence-electron chi connectivity index (χ4n) is 1.91. The zero-order valence-corrected chi connectivity index (χ0v) is 11.1. The van der Waals surface area contributed by atoms with Crippen LogP contribution in [0.15, 0.2) is 35.6 Å². The third kappa shape index (κ3) is 2.56. The third-order valence-electron chi connectivity index (χ3n) is 3.01. The summed E-state index contributed by atoms with van der Waals surface area (Å²) in [6, 6.07) is 4.08. The molecule has 2 N–H and O–H groups in total. The molecule has 0 bridgehead atoms. The summed E-state index contributed by atoms with van der Waals surface area (Å²) >= 11 is 0. The topological polar surface area (TPSA) is 43.1 Å². The highest BCUT2D eigenvalue weighted by molar-refractivity contribution is 6.61. The van der Waals surface area contributed by atoms with Crippen molar-refractivity contribution >= 4 is 20.6 Å². The van der Waals surface area contributed by atoms with Crippen molar-refractivity contribution in [2.75, 3.05) is 0 Å². The van der Waals surface area contributed by atoms with E-state index in [0.717, 1.165) is 17.5 Å². The van der Waals surface area contributed by atoms with E-state index < -0.39 is 0 Å². The van der Waals surface area contributed by atoms with E-state index in [1.165, 1.54) is 10.4 Å². The molecule has 1 aliphatic carbocycles. The van der Waals surface area contributed by atoms with Crippen LogP contribution in [0.3, 0.4) is 0 Å². The monoisotopic (exact) mass is 241 g/mol. The predicted octanol–water partition coefficient (Wildman–Crippen LogP) is 1.58. The van der Waals surface area contributed by atoms with Crippen molar-refractivity contribution < 1.29 is 4.79 Å². The molecule has 0 aromatic heterocycles. The smallest absolute Gasteiger partial charge is 0.248 e. The van der Waals surface area contributed by atoms with Gasteiger partial charge in [-0.1, -0.05) is 40.7 Å². The number of carbonyl (C=O) groups is 1. The van der Waals surface area contributed by atoms with Crippen LogP contribution in [-0.4, -0.2) is 15.4 Å². The van der Waals surface area contributed by atoms with Gasteiger partial charge in [-0.15, -0.1) is 0 Å². The Morgan fingerprint density at radius 3 is 2.71 bits per heavy atom. The molecule has 86 valence electrons. The fourth-order valence-corrected chi connectivity index (χ4v) is 3.19. The van der Waals surface area contributed by atoms with Gasteiger partial charge < -0.3 is 5.73 Å². The lowest BCUT2D eigenvalue weighted by atomic mass is 10.0. The molecule has 0 heterocycles. The van der Waals surface area contributed by atoms with Crippen LogP contribution in [0.25, 0.3) is 0 Å². The van der Waals surface area contributed by atoms with Gasteiger partial charge in [-0.2, -0.15) is 0 Å². The number of amides is 1. The molecule has 1 aliphatic rings. The zero-order valence-electron chi connectivity index (χ0n) is 10.1. The van der Waals surface area contributed by atoms with Crippen LogP contribution in [0.5, 0.6) is 0 Å². The number of aryl methyl sites for hydroxylation is 1. The van der Waals surface area contributed by atoms with Gasteiger partial charge in [0.15, 0.2) is 0 Å². The van der Waals surface area contributed by atoms with Crippen LogP contribution in [0, 0.1) is 13.8 Å². The van der Waals surface area contributed by atoms with Gasteiger partial charge in [0.2, 0.25) is 5.91 Å². The van der Waals surface area contributed by atoms with Gasteiger partial charge >= 0.3 is 0 Å². The van der Waals surface area contributed by atoms with Crippen LogP contribution >= 0.6 is 0 Å². The highest BCUT2D eigenvalue weighted by atomic mass is 28.2. The average Bonchev–Trinajstić information content (AvgIpc) is 2.75. The second-order valence-electron chi connectivity index (χ2n) is 4.28. The molecule has 1 aromatic carbocycles. The maximum Gasteiger partial charge on any atom is 0.248 e. The Hall–Kier alpha value is -1.61. The molecule has 0 saturated heterocycles. The summed E-state index contributed by atoms with van der Waals surface area (Å²) in [4.78, 5) is 11.4. The normalized spacial score (nSPS) is 13.9. The number of allylic oxidation sites excluding steroid dienone is 4. The zero-order chi connectivity index (χ0) is 12.4. The molecule has 1 aromatic rings. The lowest BCUT2D eigenvalue weighted by Crippen LogP contribution is -2.22. The van der Waals surface area contributed by atoms with Crippen molar-refractivity contribution in [2.24, 2.45) is 5.73 Å². The molecular weight excluding hydrogens is 226 g/mol. The Morgan fingerprint density at radius 2 is 2.12 bits per heavy atom. The number of hydrogen-bond acceptors (Lipinski definition) is 1. The van der Waals surface area contributed by atoms with Gasteiger partial charge in [-0.05, 0) is 31.4 Å². The number of hydrogen-bond donors (Lipinski definition) is 1. The van der Waals surface area contributed by atoms with Crippen molar-refractivity contribution in [3.05, 3.63) is 52.2 Å². The first-order valence-electron chi connectivity index (χ1n) is 5.61. The number of rotatable bonds is 3. The van der Waals surface area contributed by atoms with Crippen LogP contribution in [0.1, 0.15) is 27.9 Å². The summed E-state index contributed by atoms with van der Waals surface area (Å²) in [6.07, 6.45) is 7.41. The maximum atomic E-state index is 11.4. The van der Waals surface area contributed by atoms with E-state index in [2.05, 4.69) is 24.3 Å². The molecule has 17 heavy (non-hydrogen) atoms. The fraction of sp³-hybridized carbons (Fsp3) is 0.214. The summed E-state index contributed by atoms with van der Waals surface area (Å²) in [5.74, 6) is -0.337. The molecule has 2 rings (SSSR count). The third-order valence-corrected chi connectivity index (χ3v) is 4.28. The van der Waals surface area contributed by atoms with Gasteiger partial charge in [-0.25, -0.2) is 0 Å². The minimum Gasteiger partial charge on any atom is -0.366 e. The molecule has 0 atom stereocenters. The van der Waals surface area contributed by atoms with Crippen molar-refractivity contribution in [1.82, 2.24) is 0 Å². The van der Waals surface area contributed by atoms with E-state index in [0.29, 0.717) is 15.1 Å². The Bertz CT molecular complexity index is 529. The molecule has 0 spiro atoms. The van der Waals surface area contributed by atoms with Crippen LogP contribution in [0.4, 0.5) is 0 Å². The van der Waals surface area contributed by atoms with E-state index >= 15 is 0 Å². The standard InChI is InChI=1S/C14H15NOSi/c1-9-7-12(17-11-5-3-4-6-11)8-13(10(9)2)14(15)16/h3-5,7-8H,6H2,1-2H3,(H2,15,16). The predicted molar refractivity (Wildman–Crippen MR) is 71.7 cm³/mol. The first-order valence-corrected chi connectivity index (χ1v) is 6.61. The lowest BCUT2D eigenvalue weighted by Gasteiger charge is -2.09. The van der Waals surface area contributed by atoms with Crippen molar-refractivity contribution in [1.29, 1.82) is 0 Å². The Labute approximate surface area is 104 Å². The maximum absolute atomic E-state index is 11.4. The molecule has 0 saturated carbocycles. The van der Waals surface area contributed by atoms with E-state index in [4.69, 9.17) is 5.73 Å². The molecule has 0 fully saturated rings. The minimum atomic E-state index is -0.337. The number of nitrogens with two attached hydrogens (primary N) is 1. The Balaban J connectivity index is 2.32. The second kappa shape index (κ2) is 4.71. The summed E-state index contributed by atoms with van der Waals surface area (Å²) in [6.45, 7) is 3.97. The minimum absolute atomic E-state index is 0.337. The second-order valence-corrected chi connectivity index (χ2v) is 5.75. The Kier molecular flexibility index (Phi) is 3.29. The summed E-state index contributed by atoms with van der Waals surface area (Å²) < 4.78 is 0. The van der Waals surface area contributed by atoms with Gasteiger partial charge in [0.25, 0.3) is 0 Å². The number of primary amides is 1. The van der Waals surface area contributed by atoms with E-state index in [1.807, 2.05) is 19.9 Å². The molecule has 0 aliphatic heterocycles. The molecule has 0 unspecified atom stereocenters. The highest BCUT2D eigenvalue weighted by Crippen LogP contribution is 2.13. The molecular formula is C14H15NOSi. The van der Waals surface area contributed by atoms with Gasteiger partial charge in [0, 0.05) is 5.56 Å². The SMILES string of the molecule is Cc1cc([Si]C2=CC=CC2)cc(C(N)=O)c1C. The van der Waals surface area contributed by atoms with Crippen LogP contribution in [0.2, 0.25) is 0 Å². The number of carbonyl (C=O) groups excluding carboxylic acids is 1. The first-order chi connectivity index (χ1) is 8.08. The van der Waals surface area contributed by atoms with Crippen molar-refractivity contribution in [3.8, 4) is 0 Å². The molecule has 1 amide bonds. The summed E-state index contributed by atoms with van der Waals surface area (Å²) in [7, 11) is 0.631. The summed E-state index contributed by atoms with van der Waals surface area (Å²) in [5, 5.41) is 2.60. The van der Waals surface area contributed by atoms with Gasteiger partial charge in [0.05, 0.1) is 0 Å². The molecule has 2 radical (unpaired) electrons. The molecule has 2 nitrogen and oxygen atoms in total. The van der Waals surface area contributed by atoms with Gasteiger partial charge in [0.1, 0.15) is 9.52 Å². The van der Waals surface area contributed by atoms with Gasteiger partial charge in [-0.3, -0.25) is 4.79 Å². The lowest BCUT2D eigenvalue weighted by molar-refractivity contribution is 0.0999. The van der Waals surface area contributed by atoms with Crippen LogP contribution < -0.4 is 10.9 Å². The average molecular weight is 241 g/mol. The van der Waals surface area contributed by atoms with Crippen molar-refractivity contribution in [2.45, 2.75) is 20.3 Å². The largest absolute Gasteiger partial charge is 0.366 e. The Morgan fingerprint density at radius 1 is 1.35 bits per heavy atom. The quantitative estimate of drug-likeness (QED) is 0.802. The van der Waals surface area contributed by atoms with E-state index in [1.54, 1.807) is 0 Å². The van der Waals surface area contributed by atoms with E-state index in [9.17, 15) is 4.79 Å². The van der Waals surface area contributed by atoms with Crippen LogP contribution in [-0.2, 0) is 0 Å². The highest BCUT2D eigenvalue weighted by Gasteiger charge is 2.11. The van der Waals surface area contributed by atoms with E-state index in [-0.39, 0.29) is 5.91 Å². The number of benzene rings is 1. The molecule has 3 heteroatoms. The summed E-state index contributed by atoms with van der Waals surface area (Å²) in [5.41, 5.74) is 8.17.